The summed E-state index contributed by atoms with van der Waals surface area (Å²) in [5.74, 6) is 1.97. The third-order valence-corrected chi connectivity index (χ3v) is 7.12. The maximum atomic E-state index is 12.9. The van der Waals surface area contributed by atoms with Gasteiger partial charge in [-0.2, -0.15) is 0 Å². The second-order valence-corrected chi connectivity index (χ2v) is 9.11. The molecular weight excluding hydrogens is 372 g/mol. The van der Waals surface area contributed by atoms with E-state index in [1.54, 1.807) is 0 Å². The van der Waals surface area contributed by atoms with Crippen LogP contribution >= 0.6 is 0 Å². The molecule has 30 heavy (non-hydrogen) atoms. The molecule has 0 aromatic heterocycles. The lowest BCUT2D eigenvalue weighted by Crippen LogP contribution is -2.39. The molecule has 2 aromatic carbocycles. The first-order chi connectivity index (χ1) is 14.7. The van der Waals surface area contributed by atoms with E-state index in [1.165, 1.54) is 22.3 Å². The van der Waals surface area contributed by atoms with Crippen LogP contribution < -0.4 is 4.74 Å². The van der Waals surface area contributed by atoms with Gasteiger partial charge in [-0.05, 0) is 73.0 Å². The molecule has 3 aliphatic heterocycles. The van der Waals surface area contributed by atoms with Crippen LogP contribution in [-0.2, 0) is 30.6 Å². The summed E-state index contributed by atoms with van der Waals surface area (Å²) >= 11 is 0. The number of fused-ring (bicyclic) bond motifs is 2. The smallest absolute Gasteiger partial charge is 0.223 e. The van der Waals surface area contributed by atoms with Crippen LogP contribution in [0.25, 0.3) is 0 Å². The highest BCUT2D eigenvalue weighted by Gasteiger charge is 2.26. The van der Waals surface area contributed by atoms with Crippen molar-refractivity contribution < 1.29 is 9.53 Å². The molecule has 0 atom stereocenters. The van der Waals surface area contributed by atoms with Crippen LogP contribution in [0.3, 0.4) is 0 Å². The second kappa shape index (κ2) is 8.81. The van der Waals surface area contributed by atoms with E-state index in [9.17, 15) is 4.79 Å². The standard InChI is InChI=1S/C26H32N2O2/c29-26(28-15-10-22-3-1-2-4-24(22)19-28)18-21-8-13-27(14-9-21)12-7-20-5-6-25-23(17-20)11-16-30-25/h1-6,17,21H,7-16,18-19H2. The Kier molecular flexibility index (Phi) is 5.76. The quantitative estimate of drug-likeness (QED) is 0.759. The Bertz CT molecular complexity index is 902. The van der Waals surface area contributed by atoms with Gasteiger partial charge in [0.25, 0.3) is 0 Å². The Balaban J connectivity index is 1.06. The van der Waals surface area contributed by atoms with Crippen molar-refractivity contribution in [2.45, 2.75) is 45.1 Å². The number of hydrogen-bond acceptors (Lipinski definition) is 3. The minimum absolute atomic E-state index is 0.350. The third-order valence-electron chi connectivity index (χ3n) is 7.12. The number of rotatable bonds is 5. The monoisotopic (exact) mass is 404 g/mol. The van der Waals surface area contributed by atoms with Crippen molar-refractivity contribution in [3.8, 4) is 5.75 Å². The van der Waals surface area contributed by atoms with Gasteiger partial charge in [0.1, 0.15) is 5.75 Å². The van der Waals surface area contributed by atoms with Crippen LogP contribution in [0.4, 0.5) is 0 Å². The van der Waals surface area contributed by atoms with Gasteiger partial charge in [-0.3, -0.25) is 4.79 Å². The molecule has 1 saturated heterocycles. The number of hydrogen-bond donors (Lipinski definition) is 0. The highest BCUT2D eigenvalue weighted by molar-refractivity contribution is 5.76. The van der Waals surface area contributed by atoms with Crippen LogP contribution in [0.2, 0.25) is 0 Å². The minimum atomic E-state index is 0.350. The van der Waals surface area contributed by atoms with E-state index in [2.05, 4.69) is 52.3 Å². The lowest BCUT2D eigenvalue weighted by molar-refractivity contribution is -0.133. The average molecular weight is 405 g/mol. The SMILES string of the molecule is O=C(CC1CCN(CCc2ccc3c(c2)CCO3)CC1)N1CCc2ccccc2C1. The molecule has 4 nitrogen and oxygen atoms in total. The molecule has 5 rings (SSSR count). The first-order valence-corrected chi connectivity index (χ1v) is 11.6. The van der Waals surface area contributed by atoms with Crippen LogP contribution in [-0.4, -0.2) is 48.5 Å². The first kappa shape index (κ1) is 19.6. The maximum absolute atomic E-state index is 12.9. The molecule has 0 spiro atoms. The van der Waals surface area contributed by atoms with Crippen molar-refractivity contribution in [2.24, 2.45) is 5.92 Å². The topological polar surface area (TPSA) is 32.8 Å². The predicted octanol–water partition coefficient (Wildman–Crippen LogP) is 3.85. The van der Waals surface area contributed by atoms with Crippen molar-refractivity contribution in [1.82, 2.24) is 9.80 Å². The summed E-state index contributed by atoms with van der Waals surface area (Å²) in [7, 11) is 0. The number of carbonyl (C=O) groups is 1. The number of ether oxygens (including phenoxy) is 1. The molecule has 0 N–H and O–H groups in total. The molecule has 0 saturated carbocycles. The number of amides is 1. The van der Waals surface area contributed by atoms with Gasteiger partial charge in [0, 0.05) is 32.5 Å². The van der Waals surface area contributed by atoms with Crippen LogP contribution in [0.5, 0.6) is 5.75 Å². The van der Waals surface area contributed by atoms with Crippen molar-refractivity contribution >= 4 is 5.91 Å². The largest absolute Gasteiger partial charge is 0.493 e. The van der Waals surface area contributed by atoms with Gasteiger partial charge in [-0.1, -0.05) is 36.4 Å². The molecule has 158 valence electrons. The Labute approximate surface area is 179 Å². The third kappa shape index (κ3) is 4.39. The molecule has 0 bridgehead atoms. The van der Waals surface area contributed by atoms with Gasteiger partial charge >= 0.3 is 0 Å². The fraction of sp³-hybridized carbons (Fsp3) is 0.500. The van der Waals surface area contributed by atoms with E-state index in [0.29, 0.717) is 11.8 Å². The van der Waals surface area contributed by atoms with E-state index in [4.69, 9.17) is 4.74 Å². The van der Waals surface area contributed by atoms with Gasteiger partial charge in [0.2, 0.25) is 5.91 Å². The van der Waals surface area contributed by atoms with Crippen molar-refractivity contribution in [2.75, 3.05) is 32.8 Å². The van der Waals surface area contributed by atoms with Crippen molar-refractivity contribution in [3.05, 3.63) is 64.7 Å². The van der Waals surface area contributed by atoms with Crippen molar-refractivity contribution in [3.63, 3.8) is 0 Å². The predicted molar refractivity (Wildman–Crippen MR) is 119 cm³/mol. The van der Waals surface area contributed by atoms with E-state index >= 15 is 0 Å². The summed E-state index contributed by atoms with van der Waals surface area (Å²) in [6, 6.07) is 15.2. The first-order valence-electron chi connectivity index (χ1n) is 11.6. The average Bonchev–Trinajstić information content (AvgIpc) is 3.26. The summed E-state index contributed by atoms with van der Waals surface area (Å²) in [6.07, 6.45) is 6.16. The van der Waals surface area contributed by atoms with Crippen LogP contribution in [0, 0.1) is 5.92 Å². The molecule has 0 unspecified atom stereocenters. The van der Waals surface area contributed by atoms with Gasteiger partial charge in [-0.15, -0.1) is 0 Å². The fourth-order valence-electron chi connectivity index (χ4n) is 5.18. The van der Waals surface area contributed by atoms with Gasteiger partial charge in [0.15, 0.2) is 0 Å². The molecule has 3 aliphatic rings. The van der Waals surface area contributed by atoms with Gasteiger partial charge in [0.05, 0.1) is 6.61 Å². The van der Waals surface area contributed by atoms with E-state index in [-0.39, 0.29) is 0 Å². The zero-order chi connectivity index (χ0) is 20.3. The normalized spacial score (nSPS) is 19.3. The Hall–Kier alpha value is -2.33. The van der Waals surface area contributed by atoms with Crippen LogP contribution in [0.1, 0.15) is 41.5 Å². The molecule has 4 heteroatoms. The summed E-state index contributed by atoms with van der Waals surface area (Å²) in [4.78, 5) is 17.5. The number of nitrogens with zero attached hydrogens (tertiary/aromatic N) is 2. The summed E-state index contributed by atoms with van der Waals surface area (Å²) in [5, 5.41) is 0. The van der Waals surface area contributed by atoms with E-state index in [0.717, 1.165) is 83.6 Å². The molecule has 1 fully saturated rings. The number of benzene rings is 2. The van der Waals surface area contributed by atoms with E-state index < -0.39 is 0 Å². The second-order valence-electron chi connectivity index (χ2n) is 9.11. The zero-order valence-electron chi connectivity index (χ0n) is 17.8. The molecule has 2 aromatic rings. The lowest BCUT2D eigenvalue weighted by atomic mass is 9.92. The highest BCUT2D eigenvalue weighted by Crippen LogP contribution is 2.27. The molecule has 1 amide bonds. The van der Waals surface area contributed by atoms with Crippen molar-refractivity contribution in [1.29, 1.82) is 0 Å². The summed E-state index contributed by atoms with van der Waals surface area (Å²) in [5.41, 5.74) is 5.52. The Morgan fingerprint density at radius 3 is 2.67 bits per heavy atom. The van der Waals surface area contributed by atoms with Gasteiger partial charge < -0.3 is 14.5 Å². The highest BCUT2D eigenvalue weighted by atomic mass is 16.5. The molecule has 0 aliphatic carbocycles. The Morgan fingerprint density at radius 1 is 0.967 bits per heavy atom. The molecular formula is C26H32N2O2. The Morgan fingerprint density at radius 2 is 1.80 bits per heavy atom. The fourth-order valence-corrected chi connectivity index (χ4v) is 5.18. The van der Waals surface area contributed by atoms with E-state index in [1.807, 2.05) is 0 Å². The molecule has 0 radical (unpaired) electrons. The lowest BCUT2D eigenvalue weighted by Gasteiger charge is -2.34. The number of likely N-dealkylation sites (tertiary alicyclic amines) is 1. The van der Waals surface area contributed by atoms with Crippen LogP contribution in [0.15, 0.2) is 42.5 Å². The number of carbonyl (C=O) groups excluding carboxylic acids is 1. The molecule has 3 heterocycles. The number of piperidine rings is 1. The van der Waals surface area contributed by atoms with Gasteiger partial charge in [-0.25, -0.2) is 0 Å². The minimum Gasteiger partial charge on any atom is -0.493 e. The summed E-state index contributed by atoms with van der Waals surface area (Å²) < 4.78 is 5.61. The maximum Gasteiger partial charge on any atom is 0.223 e. The zero-order valence-corrected chi connectivity index (χ0v) is 17.8. The summed E-state index contributed by atoms with van der Waals surface area (Å²) in [6.45, 7) is 5.85.